The Balaban J connectivity index is 1.82. The summed E-state index contributed by atoms with van der Waals surface area (Å²) in [6.45, 7) is 8.16. The van der Waals surface area contributed by atoms with Crippen LogP contribution in [-0.4, -0.2) is 71.1 Å². The van der Waals surface area contributed by atoms with Crippen LogP contribution in [0.3, 0.4) is 0 Å². The van der Waals surface area contributed by atoms with Gasteiger partial charge in [0.05, 0.1) is 24.8 Å². The second-order valence-electron chi connectivity index (χ2n) is 8.09. The molecule has 33 heavy (non-hydrogen) atoms. The van der Waals surface area contributed by atoms with E-state index in [-0.39, 0.29) is 10.8 Å². The first-order valence-electron chi connectivity index (χ1n) is 11.2. The SMILES string of the molecule is CCCN1CCCN(C(=O)c2cccc(NS(=O)(=O)c3ccc(OC)c(OC)c3)c2C)CC1. The molecule has 9 heteroatoms. The molecule has 0 spiro atoms. The van der Waals surface area contributed by atoms with E-state index >= 15 is 0 Å². The number of hydrogen-bond acceptors (Lipinski definition) is 6. The number of benzene rings is 2. The normalized spacial score (nSPS) is 15.1. The van der Waals surface area contributed by atoms with Gasteiger partial charge in [-0.2, -0.15) is 0 Å². The summed E-state index contributed by atoms with van der Waals surface area (Å²) in [5, 5.41) is 0. The highest BCUT2D eigenvalue weighted by molar-refractivity contribution is 7.92. The molecule has 1 saturated heterocycles. The lowest BCUT2D eigenvalue weighted by atomic mass is 10.1. The zero-order chi connectivity index (χ0) is 24.0. The van der Waals surface area contributed by atoms with Gasteiger partial charge in [0.25, 0.3) is 15.9 Å². The van der Waals surface area contributed by atoms with Crippen LogP contribution in [0.1, 0.15) is 35.7 Å². The zero-order valence-corrected chi connectivity index (χ0v) is 20.6. The van der Waals surface area contributed by atoms with E-state index < -0.39 is 10.0 Å². The molecule has 8 nitrogen and oxygen atoms in total. The molecular formula is C24H33N3O5S. The maximum atomic E-state index is 13.3. The summed E-state index contributed by atoms with van der Waals surface area (Å²) in [6, 6.07) is 9.52. The third-order valence-corrected chi connectivity index (χ3v) is 7.25. The second kappa shape index (κ2) is 10.9. The standard InChI is InChI=1S/C24H33N3O5S/c1-5-12-26-13-7-14-27(16-15-26)24(28)20-8-6-9-21(18(20)2)25-33(29,30)19-10-11-22(31-3)23(17-19)32-4/h6,8-11,17,25H,5,7,12-16H2,1-4H3. The first-order chi connectivity index (χ1) is 15.8. The van der Waals surface area contributed by atoms with Gasteiger partial charge in [-0.25, -0.2) is 8.42 Å². The van der Waals surface area contributed by atoms with Crippen LogP contribution in [0.5, 0.6) is 11.5 Å². The van der Waals surface area contributed by atoms with Crippen LogP contribution in [0, 0.1) is 6.92 Å². The molecule has 0 saturated carbocycles. The van der Waals surface area contributed by atoms with E-state index in [1.54, 1.807) is 31.2 Å². The fourth-order valence-electron chi connectivity index (χ4n) is 4.05. The van der Waals surface area contributed by atoms with E-state index in [9.17, 15) is 13.2 Å². The van der Waals surface area contributed by atoms with Crippen LogP contribution >= 0.6 is 0 Å². The lowest BCUT2D eigenvalue weighted by Gasteiger charge is -2.23. The van der Waals surface area contributed by atoms with Crippen molar-refractivity contribution in [1.29, 1.82) is 0 Å². The summed E-state index contributed by atoms with van der Waals surface area (Å²) >= 11 is 0. The van der Waals surface area contributed by atoms with Crippen molar-refractivity contribution in [3.8, 4) is 11.5 Å². The summed E-state index contributed by atoms with van der Waals surface area (Å²) in [5.41, 5.74) is 1.48. The second-order valence-corrected chi connectivity index (χ2v) is 9.77. The molecule has 1 fully saturated rings. The van der Waals surface area contributed by atoms with E-state index in [4.69, 9.17) is 9.47 Å². The topological polar surface area (TPSA) is 88.2 Å². The molecule has 1 amide bonds. The van der Waals surface area contributed by atoms with Crippen molar-refractivity contribution in [3.05, 3.63) is 47.5 Å². The lowest BCUT2D eigenvalue weighted by Crippen LogP contribution is -2.35. The first kappa shape index (κ1) is 24.9. The van der Waals surface area contributed by atoms with Gasteiger partial charge in [0.1, 0.15) is 0 Å². The molecule has 1 aliphatic rings. The number of ether oxygens (including phenoxy) is 2. The highest BCUT2D eigenvalue weighted by Gasteiger charge is 2.24. The van der Waals surface area contributed by atoms with Crippen molar-refractivity contribution < 1.29 is 22.7 Å². The number of rotatable bonds is 8. The number of nitrogens with zero attached hydrogens (tertiary/aromatic N) is 2. The molecule has 1 heterocycles. The van der Waals surface area contributed by atoms with Crippen LogP contribution in [0.25, 0.3) is 0 Å². The number of anilines is 1. The average molecular weight is 476 g/mol. The lowest BCUT2D eigenvalue weighted by molar-refractivity contribution is 0.0761. The van der Waals surface area contributed by atoms with Crippen molar-refractivity contribution in [2.24, 2.45) is 0 Å². The molecule has 0 aromatic heterocycles. The van der Waals surface area contributed by atoms with Crippen molar-refractivity contribution in [1.82, 2.24) is 9.80 Å². The zero-order valence-electron chi connectivity index (χ0n) is 19.8. The number of carbonyl (C=O) groups excluding carboxylic acids is 1. The van der Waals surface area contributed by atoms with Crippen molar-refractivity contribution >= 4 is 21.6 Å². The molecule has 0 radical (unpaired) electrons. The Bertz CT molecular complexity index is 1090. The summed E-state index contributed by atoms with van der Waals surface area (Å²) in [6.07, 6.45) is 2.02. The fraction of sp³-hybridized carbons (Fsp3) is 0.458. The van der Waals surface area contributed by atoms with E-state index in [1.165, 1.54) is 26.4 Å². The predicted octanol–water partition coefficient (Wildman–Crippen LogP) is 3.37. The third kappa shape index (κ3) is 5.78. The van der Waals surface area contributed by atoms with Crippen molar-refractivity contribution in [2.75, 3.05) is 51.7 Å². The average Bonchev–Trinajstić information content (AvgIpc) is 3.05. The number of sulfonamides is 1. The maximum absolute atomic E-state index is 13.3. The van der Waals surface area contributed by atoms with Crippen LogP contribution in [0.2, 0.25) is 0 Å². The van der Waals surface area contributed by atoms with Gasteiger partial charge in [-0.3, -0.25) is 9.52 Å². The molecule has 1 N–H and O–H groups in total. The monoisotopic (exact) mass is 475 g/mol. The van der Waals surface area contributed by atoms with E-state index in [2.05, 4.69) is 16.5 Å². The van der Waals surface area contributed by atoms with Crippen LogP contribution in [0.4, 0.5) is 5.69 Å². The fourth-order valence-corrected chi connectivity index (χ4v) is 5.19. The number of hydrogen-bond donors (Lipinski definition) is 1. The Morgan fingerprint density at radius 1 is 1.03 bits per heavy atom. The first-order valence-corrected chi connectivity index (χ1v) is 12.6. The van der Waals surface area contributed by atoms with Crippen molar-refractivity contribution in [2.45, 2.75) is 31.6 Å². The predicted molar refractivity (Wildman–Crippen MR) is 129 cm³/mol. The van der Waals surface area contributed by atoms with Gasteiger partial charge in [-0.1, -0.05) is 13.0 Å². The third-order valence-electron chi connectivity index (χ3n) is 5.89. The number of carbonyl (C=O) groups is 1. The largest absolute Gasteiger partial charge is 0.493 e. The molecule has 180 valence electrons. The van der Waals surface area contributed by atoms with E-state index in [1.807, 2.05) is 4.90 Å². The molecule has 0 atom stereocenters. The van der Waals surface area contributed by atoms with Gasteiger partial charge >= 0.3 is 0 Å². The molecular weight excluding hydrogens is 442 g/mol. The maximum Gasteiger partial charge on any atom is 0.262 e. The van der Waals surface area contributed by atoms with E-state index in [0.717, 1.165) is 32.5 Å². The van der Waals surface area contributed by atoms with Gasteiger partial charge in [-0.05, 0) is 62.7 Å². The molecule has 0 unspecified atom stereocenters. The molecule has 1 aliphatic heterocycles. The van der Waals surface area contributed by atoms with E-state index in [0.29, 0.717) is 41.4 Å². The van der Waals surface area contributed by atoms with Gasteiger partial charge in [0, 0.05) is 31.3 Å². The quantitative estimate of drug-likeness (QED) is 0.630. The highest BCUT2D eigenvalue weighted by atomic mass is 32.2. The van der Waals surface area contributed by atoms with Crippen LogP contribution in [-0.2, 0) is 10.0 Å². The molecule has 2 aromatic rings. The minimum atomic E-state index is -3.90. The van der Waals surface area contributed by atoms with Gasteiger partial charge < -0.3 is 19.3 Å². The Morgan fingerprint density at radius 3 is 2.48 bits per heavy atom. The van der Waals surface area contributed by atoms with Crippen LogP contribution in [0.15, 0.2) is 41.3 Å². The number of methoxy groups -OCH3 is 2. The van der Waals surface area contributed by atoms with Gasteiger partial charge in [0.15, 0.2) is 11.5 Å². The summed E-state index contributed by atoms with van der Waals surface area (Å²) in [4.78, 5) is 17.6. The summed E-state index contributed by atoms with van der Waals surface area (Å²) in [5.74, 6) is 0.687. The minimum Gasteiger partial charge on any atom is -0.493 e. The molecule has 0 aliphatic carbocycles. The minimum absolute atomic E-state index is 0.0415. The Morgan fingerprint density at radius 2 is 1.79 bits per heavy atom. The molecule has 3 rings (SSSR count). The summed E-state index contributed by atoms with van der Waals surface area (Å²) in [7, 11) is -0.960. The van der Waals surface area contributed by atoms with Gasteiger partial charge in [-0.15, -0.1) is 0 Å². The van der Waals surface area contributed by atoms with Gasteiger partial charge in [0.2, 0.25) is 0 Å². The highest BCUT2D eigenvalue weighted by Crippen LogP contribution is 2.31. The Kier molecular flexibility index (Phi) is 8.20. The van der Waals surface area contributed by atoms with Crippen molar-refractivity contribution in [3.63, 3.8) is 0 Å². The molecule has 0 bridgehead atoms. The Hall–Kier alpha value is -2.78. The Labute approximate surface area is 196 Å². The number of nitrogens with one attached hydrogen (secondary N) is 1. The molecule has 2 aromatic carbocycles. The van der Waals surface area contributed by atoms with Crippen LogP contribution < -0.4 is 14.2 Å². The summed E-state index contributed by atoms with van der Waals surface area (Å²) < 4.78 is 39.1. The smallest absolute Gasteiger partial charge is 0.262 e. The number of amides is 1.